The highest BCUT2D eigenvalue weighted by Crippen LogP contribution is 2.45. The Kier molecular flexibility index (Phi) is 6.31. The van der Waals surface area contributed by atoms with Crippen molar-refractivity contribution < 1.29 is 18.3 Å². The maximum Gasteiger partial charge on any atom is 0.185 e. The van der Waals surface area contributed by atoms with Gasteiger partial charge in [0, 0.05) is 54.4 Å². The number of nitrogens with zero attached hydrogens (tertiary/aromatic N) is 4. The molecule has 0 radical (unpaired) electrons. The fourth-order valence-corrected chi connectivity index (χ4v) is 5.86. The van der Waals surface area contributed by atoms with E-state index in [0.717, 1.165) is 36.2 Å². The van der Waals surface area contributed by atoms with Gasteiger partial charge in [0.15, 0.2) is 11.6 Å². The first-order chi connectivity index (χ1) is 18.5. The van der Waals surface area contributed by atoms with Gasteiger partial charge in [-0.15, -0.1) is 0 Å². The van der Waals surface area contributed by atoms with Crippen molar-refractivity contribution in [1.82, 2.24) is 15.0 Å². The molecule has 2 aromatic heterocycles. The minimum Gasteiger partial charge on any atom is -0.496 e. The van der Waals surface area contributed by atoms with Gasteiger partial charge in [0.1, 0.15) is 23.1 Å². The lowest BCUT2D eigenvalue weighted by Crippen LogP contribution is -2.33. The molecular weight excluding hydrogens is 486 g/mol. The molecule has 2 aliphatic rings. The number of Topliss-reactive ketones (excluding diaryl/α,β-unsaturated/α-hetero) is 1. The number of carbonyl (C=O) groups is 1. The lowest BCUT2D eigenvalue weighted by molar-refractivity contribution is 0.0988. The quantitative estimate of drug-likeness (QED) is 0.287. The Bertz CT molecular complexity index is 1510. The van der Waals surface area contributed by atoms with Crippen LogP contribution in [0.1, 0.15) is 35.3 Å². The summed E-state index contributed by atoms with van der Waals surface area (Å²) in [5.41, 5.74) is 3.22. The molecule has 0 amide bonds. The maximum absolute atomic E-state index is 15.0. The third-order valence-corrected chi connectivity index (χ3v) is 7.53. The number of hydrogen-bond acceptors (Lipinski definition) is 6. The smallest absolute Gasteiger partial charge is 0.185 e. The standard InChI is InChI=1S/C30H26F2N4O2/c1-38-27-6-2-5-24(32)28(27)30-34-11-9-25(35-30)26(37)14-20-13-21(31)15-23(19-4-3-10-33-16-19)29(20)36-17-18-7-8-22(36)12-18/h2-6,9-11,13,15-16,18,22H,7-8,12,14,17H2,1H3/t18-,22+/m1/s1. The molecule has 1 aliphatic heterocycles. The van der Waals surface area contributed by atoms with Crippen molar-refractivity contribution in [2.24, 2.45) is 5.92 Å². The zero-order valence-electron chi connectivity index (χ0n) is 20.9. The summed E-state index contributed by atoms with van der Waals surface area (Å²) in [6, 6.07) is 13.0. The average Bonchev–Trinajstić information content (AvgIpc) is 3.57. The van der Waals surface area contributed by atoms with Crippen LogP contribution in [0.5, 0.6) is 5.75 Å². The largest absolute Gasteiger partial charge is 0.496 e. The van der Waals surface area contributed by atoms with E-state index in [9.17, 15) is 9.18 Å². The number of rotatable bonds is 7. The van der Waals surface area contributed by atoms with Gasteiger partial charge in [0.25, 0.3) is 0 Å². The molecule has 3 heterocycles. The van der Waals surface area contributed by atoms with Crippen LogP contribution < -0.4 is 9.64 Å². The van der Waals surface area contributed by atoms with Crippen molar-refractivity contribution in [3.05, 3.63) is 90.0 Å². The molecular formula is C30H26F2N4O2. The van der Waals surface area contributed by atoms with Crippen LogP contribution in [0.2, 0.25) is 0 Å². The van der Waals surface area contributed by atoms with Crippen molar-refractivity contribution in [2.45, 2.75) is 31.7 Å². The molecule has 38 heavy (non-hydrogen) atoms. The van der Waals surface area contributed by atoms with Crippen LogP contribution in [0.3, 0.4) is 0 Å². The number of halogens is 2. The van der Waals surface area contributed by atoms with Crippen LogP contribution in [0.25, 0.3) is 22.5 Å². The second-order valence-electron chi connectivity index (χ2n) is 9.87. The summed E-state index contributed by atoms with van der Waals surface area (Å²) in [5, 5.41) is 0. The summed E-state index contributed by atoms with van der Waals surface area (Å²) in [4.78, 5) is 28.7. The van der Waals surface area contributed by atoms with E-state index in [2.05, 4.69) is 19.9 Å². The molecule has 1 saturated heterocycles. The van der Waals surface area contributed by atoms with Crippen LogP contribution in [-0.2, 0) is 6.42 Å². The minimum absolute atomic E-state index is 0.0539. The number of anilines is 1. The Hall–Kier alpha value is -4.20. The van der Waals surface area contributed by atoms with Gasteiger partial charge in [0.05, 0.1) is 12.7 Å². The van der Waals surface area contributed by atoms with Crippen molar-refractivity contribution in [2.75, 3.05) is 18.6 Å². The van der Waals surface area contributed by atoms with Crippen LogP contribution in [-0.4, -0.2) is 40.4 Å². The van der Waals surface area contributed by atoms with Gasteiger partial charge in [-0.3, -0.25) is 9.78 Å². The van der Waals surface area contributed by atoms with Gasteiger partial charge in [-0.1, -0.05) is 12.1 Å². The summed E-state index contributed by atoms with van der Waals surface area (Å²) in [6.45, 7) is 0.884. The predicted molar refractivity (Wildman–Crippen MR) is 140 cm³/mol. The molecule has 192 valence electrons. The molecule has 8 heteroatoms. The monoisotopic (exact) mass is 512 g/mol. The first-order valence-corrected chi connectivity index (χ1v) is 12.7. The highest BCUT2D eigenvalue weighted by Gasteiger charge is 2.39. The fourth-order valence-electron chi connectivity index (χ4n) is 5.86. The van der Waals surface area contributed by atoms with E-state index in [4.69, 9.17) is 4.74 Å². The van der Waals surface area contributed by atoms with E-state index in [1.165, 1.54) is 50.1 Å². The Morgan fingerprint density at radius 3 is 2.74 bits per heavy atom. The minimum atomic E-state index is -0.549. The second-order valence-corrected chi connectivity index (χ2v) is 9.87. The normalized spacial score (nSPS) is 18.1. The summed E-state index contributed by atoms with van der Waals surface area (Å²) in [5.74, 6) is -0.344. The number of methoxy groups -OCH3 is 1. The SMILES string of the molecule is COc1cccc(F)c1-c1nccc(C(=O)Cc2cc(F)cc(-c3cccnc3)c2N2C[C@@H]3CC[C@H]2C3)n1. The number of pyridine rings is 1. The lowest BCUT2D eigenvalue weighted by atomic mass is 9.95. The zero-order chi connectivity index (χ0) is 26.2. The van der Waals surface area contributed by atoms with Gasteiger partial charge >= 0.3 is 0 Å². The summed E-state index contributed by atoms with van der Waals surface area (Å²) < 4.78 is 34.9. The lowest BCUT2D eigenvalue weighted by Gasteiger charge is -2.33. The van der Waals surface area contributed by atoms with Gasteiger partial charge in [-0.05, 0) is 67.1 Å². The molecule has 0 spiro atoms. The number of ketones is 1. The van der Waals surface area contributed by atoms with Gasteiger partial charge in [-0.2, -0.15) is 0 Å². The van der Waals surface area contributed by atoms with Crippen molar-refractivity contribution >= 4 is 11.5 Å². The Balaban J connectivity index is 1.40. The van der Waals surface area contributed by atoms with E-state index in [1.54, 1.807) is 18.5 Å². The van der Waals surface area contributed by atoms with Gasteiger partial charge in [-0.25, -0.2) is 18.7 Å². The predicted octanol–water partition coefficient (Wildman–Crippen LogP) is 5.91. The number of carbonyl (C=O) groups excluding carboxylic acids is 1. The number of aromatic nitrogens is 3. The molecule has 0 unspecified atom stereocenters. The van der Waals surface area contributed by atoms with E-state index >= 15 is 4.39 Å². The fraction of sp³-hybridized carbons (Fsp3) is 0.267. The topological polar surface area (TPSA) is 68.2 Å². The molecule has 4 aromatic rings. The Labute approximate surface area is 219 Å². The van der Waals surface area contributed by atoms with Crippen molar-refractivity contribution in [1.29, 1.82) is 0 Å². The average molecular weight is 513 g/mol. The first kappa shape index (κ1) is 24.2. The first-order valence-electron chi connectivity index (χ1n) is 12.7. The van der Waals surface area contributed by atoms with E-state index in [1.807, 2.05) is 12.1 Å². The molecule has 2 fully saturated rings. The van der Waals surface area contributed by atoms with Crippen LogP contribution in [0.15, 0.2) is 67.1 Å². The molecule has 1 saturated carbocycles. The third-order valence-electron chi connectivity index (χ3n) is 7.53. The van der Waals surface area contributed by atoms with Crippen LogP contribution in [0, 0.1) is 17.6 Å². The number of hydrogen-bond donors (Lipinski definition) is 0. The number of fused-ring (bicyclic) bond motifs is 2. The van der Waals surface area contributed by atoms with Gasteiger partial charge in [0.2, 0.25) is 0 Å². The number of ether oxygens (including phenoxy) is 1. The van der Waals surface area contributed by atoms with E-state index in [-0.39, 0.29) is 35.0 Å². The van der Waals surface area contributed by atoms with Crippen LogP contribution in [0.4, 0.5) is 14.5 Å². The summed E-state index contributed by atoms with van der Waals surface area (Å²) in [7, 11) is 1.43. The number of benzene rings is 2. The third kappa shape index (κ3) is 4.40. The van der Waals surface area contributed by atoms with Crippen molar-refractivity contribution in [3.63, 3.8) is 0 Å². The molecule has 6 rings (SSSR count). The highest BCUT2D eigenvalue weighted by atomic mass is 19.1. The van der Waals surface area contributed by atoms with E-state index < -0.39 is 11.6 Å². The number of piperidine rings is 1. The second kappa shape index (κ2) is 9.93. The summed E-state index contributed by atoms with van der Waals surface area (Å²) in [6.07, 6.45) is 8.16. The molecule has 2 aromatic carbocycles. The maximum atomic E-state index is 15.0. The molecule has 1 aliphatic carbocycles. The highest BCUT2D eigenvalue weighted by molar-refractivity contribution is 5.98. The molecule has 2 bridgehead atoms. The summed E-state index contributed by atoms with van der Waals surface area (Å²) >= 11 is 0. The van der Waals surface area contributed by atoms with Crippen LogP contribution >= 0.6 is 0 Å². The van der Waals surface area contributed by atoms with Crippen molar-refractivity contribution in [3.8, 4) is 28.3 Å². The molecule has 0 N–H and O–H groups in total. The molecule has 2 atom stereocenters. The Morgan fingerprint density at radius 1 is 1.11 bits per heavy atom. The Morgan fingerprint density at radius 2 is 2.00 bits per heavy atom. The molecule has 6 nitrogen and oxygen atoms in total. The van der Waals surface area contributed by atoms with E-state index in [0.29, 0.717) is 17.5 Å². The van der Waals surface area contributed by atoms with Gasteiger partial charge < -0.3 is 9.64 Å². The zero-order valence-corrected chi connectivity index (χ0v) is 20.9.